The van der Waals surface area contributed by atoms with Crippen molar-refractivity contribution in [2.75, 3.05) is 5.73 Å². The molecule has 0 aliphatic rings. The molecule has 0 fully saturated rings. The van der Waals surface area contributed by atoms with E-state index < -0.39 is 5.97 Å². The summed E-state index contributed by atoms with van der Waals surface area (Å²) in [6.45, 7) is 3.00. The van der Waals surface area contributed by atoms with Crippen molar-refractivity contribution in [3.63, 3.8) is 0 Å². The van der Waals surface area contributed by atoms with Gasteiger partial charge in [0, 0.05) is 11.6 Å². The summed E-state index contributed by atoms with van der Waals surface area (Å²) in [4.78, 5) is 14.5. The van der Waals surface area contributed by atoms with Crippen molar-refractivity contribution in [3.05, 3.63) is 30.5 Å². The molecule has 0 amide bonds. The second-order valence-electron chi connectivity index (χ2n) is 2.50. The van der Waals surface area contributed by atoms with Gasteiger partial charge in [0.2, 0.25) is 0 Å². The molecule has 3 N–H and O–H groups in total. The van der Waals surface area contributed by atoms with Gasteiger partial charge in [-0.15, -0.1) is 0 Å². The van der Waals surface area contributed by atoms with Gasteiger partial charge < -0.3 is 15.6 Å². The molecule has 1 aromatic rings. The number of esters is 1. The van der Waals surface area contributed by atoms with E-state index in [1.165, 1.54) is 12.3 Å². The first kappa shape index (κ1) is 10.2. The maximum absolute atomic E-state index is 10.8. The highest BCUT2D eigenvalue weighted by atomic mass is 16.5. The van der Waals surface area contributed by atoms with E-state index in [0.29, 0.717) is 5.56 Å². The van der Waals surface area contributed by atoms with Crippen LogP contribution in [0.1, 0.15) is 5.56 Å². The fourth-order valence-corrected chi connectivity index (χ4v) is 0.839. The standard InChI is InChI=1S/C9H10N2O3/c1-2-8(13)14-7-3-6(5-12)9(10)11-4-7/h2-4,12H,1,5H2,(H2,10,11). The van der Waals surface area contributed by atoms with Gasteiger partial charge in [-0.05, 0) is 6.07 Å². The molecule has 0 atom stereocenters. The summed E-state index contributed by atoms with van der Waals surface area (Å²) in [6.07, 6.45) is 2.34. The van der Waals surface area contributed by atoms with E-state index in [9.17, 15) is 4.79 Å². The summed E-state index contributed by atoms with van der Waals surface area (Å²) >= 11 is 0. The second-order valence-corrected chi connectivity index (χ2v) is 2.50. The van der Waals surface area contributed by atoms with E-state index in [-0.39, 0.29) is 18.2 Å². The summed E-state index contributed by atoms with van der Waals surface area (Å²) in [5.74, 6) is -0.139. The predicted molar refractivity (Wildman–Crippen MR) is 50.4 cm³/mol. The van der Waals surface area contributed by atoms with Crippen molar-refractivity contribution in [1.29, 1.82) is 0 Å². The molecular weight excluding hydrogens is 184 g/mol. The molecule has 5 nitrogen and oxygen atoms in total. The molecule has 5 heteroatoms. The lowest BCUT2D eigenvalue weighted by atomic mass is 10.2. The fourth-order valence-electron chi connectivity index (χ4n) is 0.839. The molecule has 0 radical (unpaired) electrons. The summed E-state index contributed by atoms with van der Waals surface area (Å²) in [5.41, 5.74) is 5.85. The lowest BCUT2D eigenvalue weighted by Gasteiger charge is -2.04. The van der Waals surface area contributed by atoms with Gasteiger partial charge in [0.25, 0.3) is 0 Å². The summed E-state index contributed by atoms with van der Waals surface area (Å²) in [7, 11) is 0. The summed E-state index contributed by atoms with van der Waals surface area (Å²) in [5, 5.41) is 8.85. The molecule has 0 bridgehead atoms. The van der Waals surface area contributed by atoms with Crippen LogP contribution in [0.5, 0.6) is 5.75 Å². The number of nitrogens with zero attached hydrogens (tertiary/aromatic N) is 1. The molecule has 0 saturated heterocycles. The predicted octanol–water partition coefficient (Wildman–Crippen LogP) is 0.247. The number of hydrogen-bond donors (Lipinski definition) is 2. The van der Waals surface area contributed by atoms with Gasteiger partial charge in [0.15, 0.2) is 0 Å². The quantitative estimate of drug-likeness (QED) is 0.532. The molecule has 1 heterocycles. The van der Waals surface area contributed by atoms with Gasteiger partial charge in [-0.3, -0.25) is 0 Å². The van der Waals surface area contributed by atoms with Crippen LogP contribution in [0.2, 0.25) is 0 Å². The number of ether oxygens (including phenoxy) is 1. The normalized spacial score (nSPS) is 9.50. The Morgan fingerprint density at radius 3 is 3.07 bits per heavy atom. The first-order valence-corrected chi connectivity index (χ1v) is 3.87. The topological polar surface area (TPSA) is 85.4 Å². The molecule has 0 aliphatic heterocycles. The van der Waals surface area contributed by atoms with Gasteiger partial charge in [0.1, 0.15) is 11.6 Å². The largest absolute Gasteiger partial charge is 0.422 e. The van der Waals surface area contributed by atoms with Crippen LogP contribution in [0.25, 0.3) is 0 Å². The minimum Gasteiger partial charge on any atom is -0.422 e. The molecule has 74 valence electrons. The molecular formula is C9H10N2O3. The average Bonchev–Trinajstić information content (AvgIpc) is 2.20. The maximum Gasteiger partial charge on any atom is 0.335 e. The third kappa shape index (κ3) is 2.30. The maximum atomic E-state index is 10.8. The first-order chi connectivity index (χ1) is 6.67. The smallest absolute Gasteiger partial charge is 0.335 e. The van der Waals surface area contributed by atoms with Crippen molar-refractivity contribution in [2.45, 2.75) is 6.61 Å². The zero-order valence-corrected chi connectivity index (χ0v) is 7.43. The van der Waals surface area contributed by atoms with Crippen LogP contribution in [0, 0.1) is 0 Å². The molecule has 0 saturated carbocycles. The van der Waals surface area contributed by atoms with Crippen molar-refractivity contribution in [1.82, 2.24) is 4.98 Å². The minimum atomic E-state index is -0.583. The summed E-state index contributed by atoms with van der Waals surface area (Å²) < 4.78 is 4.77. The van der Waals surface area contributed by atoms with Gasteiger partial charge >= 0.3 is 5.97 Å². The van der Waals surface area contributed by atoms with Crippen LogP contribution < -0.4 is 10.5 Å². The van der Waals surface area contributed by atoms with Crippen LogP contribution in [-0.4, -0.2) is 16.1 Å². The number of nitrogens with two attached hydrogens (primary N) is 1. The summed E-state index contributed by atoms with van der Waals surface area (Å²) in [6, 6.07) is 1.45. The zero-order chi connectivity index (χ0) is 10.6. The Morgan fingerprint density at radius 1 is 1.79 bits per heavy atom. The number of nitrogen functional groups attached to an aromatic ring is 1. The number of carbonyl (C=O) groups excluding carboxylic acids is 1. The Morgan fingerprint density at radius 2 is 2.50 bits per heavy atom. The van der Waals surface area contributed by atoms with Crippen LogP contribution in [0.4, 0.5) is 5.82 Å². The highest BCUT2D eigenvalue weighted by Crippen LogP contribution is 2.16. The number of rotatable bonds is 3. The number of anilines is 1. The van der Waals surface area contributed by atoms with E-state index in [1.54, 1.807) is 0 Å². The minimum absolute atomic E-state index is 0.214. The number of pyridine rings is 1. The molecule has 0 spiro atoms. The number of aliphatic hydroxyl groups is 1. The van der Waals surface area contributed by atoms with Crippen LogP contribution in [0.15, 0.2) is 24.9 Å². The molecule has 0 unspecified atom stereocenters. The fraction of sp³-hybridized carbons (Fsp3) is 0.111. The lowest BCUT2D eigenvalue weighted by molar-refractivity contribution is -0.128. The molecule has 1 aromatic heterocycles. The van der Waals surface area contributed by atoms with E-state index in [1.807, 2.05) is 0 Å². The van der Waals surface area contributed by atoms with E-state index in [0.717, 1.165) is 6.08 Å². The van der Waals surface area contributed by atoms with Crippen LogP contribution in [-0.2, 0) is 11.4 Å². The van der Waals surface area contributed by atoms with Gasteiger partial charge in [-0.25, -0.2) is 9.78 Å². The lowest BCUT2D eigenvalue weighted by Crippen LogP contribution is -2.05. The monoisotopic (exact) mass is 194 g/mol. The average molecular weight is 194 g/mol. The third-order valence-electron chi connectivity index (χ3n) is 1.53. The van der Waals surface area contributed by atoms with Crippen LogP contribution >= 0.6 is 0 Å². The Balaban J connectivity index is 2.89. The van der Waals surface area contributed by atoms with Gasteiger partial charge in [-0.2, -0.15) is 0 Å². The van der Waals surface area contributed by atoms with E-state index in [4.69, 9.17) is 15.6 Å². The van der Waals surface area contributed by atoms with Crippen molar-refractivity contribution >= 4 is 11.8 Å². The number of aliphatic hydroxyl groups excluding tert-OH is 1. The zero-order valence-electron chi connectivity index (χ0n) is 7.43. The number of carbonyl (C=O) groups is 1. The highest BCUT2D eigenvalue weighted by molar-refractivity contribution is 5.83. The van der Waals surface area contributed by atoms with Crippen molar-refractivity contribution < 1.29 is 14.6 Å². The highest BCUT2D eigenvalue weighted by Gasteiger charge is 2.04. The number of hydrogen-bond acceptors (Lipinski definition) is 5. The Kier molecular flexibility index (Phi) is 3.19. The Labute approximate surface area is 80.8 Å². The Hall–Kier alpha value is -1.88. The Bertz CT molecular complexity index is 363. The van der Waals surface area contributed by atoms with Crippen LogP contribution in [0.3, 0.4) is 0 Å². The molecule has 0 aliphatic carbocycles. The van der Waals surface area contributed by atoms with Crippen molar-refractivity contribution in [3.8, 4) is 5.75 Å². The van der Waals surface area contributed by atoms with Gasteiger partial charge in [-0.1, -0.05) is 6.58 Å². The molecule has 0 aromatic carbocycles. The number of aromatic nitrogens is 1. The van der Waals surface area contributed by atoms with E-state index in [2.05, 4.69) is 11.6 Å². The SMILES string of the molecule is C=CC(=O)Oc1cnc(N)c(CO)c1. The van der Waals surface area contributed by atoms with Gasteiger partial charge in [0.05, 0.1) is 12.8 Å². The molecule has 1 rings (SSSR count). The first-order valence-electron chi connectivity index (χ1n) is 3.87. The third-order valence-corrected chi connectivity index (χ3v) is 1.53. The van der Waals surface area contributed by atoms with Crippen molar-refractivity contribution in [2.24, 2.45) is 0 Å². The molecule has 14 heavy (non-hydrogen) atoms. The second kappa shape index (κ2) is 4.38. The van der Waals surface area contributed by atoms with E-state index >= 15 is 0 Å².